The summed E-state index contributed by atoms with van der Waals surface area (Å²) in [5.41, 5.74) is 2.20. The highest BCUT2D eigenvalue weighted by Gasteiger charge is 2.17. The Hall–Kier alpha value is -3.04. The minimum atomic E-state index is -3.49. The van der Waals surface area contributed by atoms with Crippen LogP contribution in [0.3, 0.4) is 0 Å². The minimum absolute atomic E-state index is 0.154. The normalized spacial score (nSPS) is 11.6. The topological polar surface area (TPSA) is 93.1 Å². The van der Waals surface area contributed by atoms with Crippen LogP contribution in [0.4, 0.5) is 4.39 Å². The van der Waals surface area contributed by atoms with Gasteiger partial charge in [0.1, 0.15) is 11.5 Å². The molecule has 0 aliphatic carbocycles. The van der Waals surface area contributed by atoms with Gasteiger partial charge in [0.15, 0.2) is 0 Å². The Bertz CT molecular complexity index is 1130. The average molecular weight is 431 g/mol. The van der Waals surface area contributed by atoms with Crippen molar-refractivity contribution in [2.45, 2.75) is 32.2 Å². The Kier molecular flexibility index (Phi) is 6.63. The molecule has 0 spiro atoms. The Labute approximate surface area is 175 Å². The molecule has 0 saturated heterocycles. The van der Waals surface area contributed by atoms with E-state index in [1.807, 2.05) is 0 Å². The molecule has 3 aromatic rings. The van der Waals surface area contributed by atoms with Crippen LogP contribution in [0, 0.1) is 5.82 Å². The fraction of sp³-hybridized carbons (Fsp3) is 0.238. The molecule has 2 N–H and O–H groups in total. The van der Waals surface area contributed by atoms with Gasteiger partial charge in [-0.15, -0.1) is 0 Å². The number of hydrogen-bond donors (Lipinski definition) is 2. The molecule has 9 heteroatoms. The largest absolute Gasteiger partial charge is 0.347 e. The van der Waals surface area contributed by atoms with Crippen LogP contribution in [-0.4, -0.2) is 29.9 Å². The van der Waals surface area contributed by atoms with Gasteiger partial charge in [0.25, 0.3) is 5.91 Å². The summed E-state index contributed by atoms with van der Waals surface area (Å²) in [6.07, 6.45) is 2.89. The highest BCUT2D eigenvalue weighted by atomic mass is 32.2. The zero-order valence-electron chi connectivity index (χ0n) is 16.7. The Morgan fingerprint density at radius 1 is 1.10 bits per heavy atom. The van der Waals surface area contributed by atoms with Gasteiger partial charge in [-0.25, -0.2) is 22.5 Å². The fourth-order valence-electron chi connectivity index (χ4n) is 3.01. The lowest BCUT2D eigenvalue weighted by molar-refractivity contribution is 0.0944. The van der Waals surface area contributed by atoms with Crippen molar-refractivity contribution in [1.82, 2.24) is 19.6 Å². The van der Waals surface area contributed by atoms with Gasteiger partial charge in [0, 0.05) is 18.3 Å². The molecule has 1 aromatic heterocycles. The first-order chi connectivity index (χ1) is 14.2. The number of halogens is 1. The first-order valence-electron chi connectivity index (χ1n) is 9.38. The number of hydrogen-bond acceptors (Lipinski definition) is 4. The van der Waals surface area contributed by atoms with E-state index in [1.54, 1.807) is 54.8 Å². The molecule has 2 aromatic carbocycles. The molecule has 0 unspecified atom stereocenters. The smallest absolute Gasteiger partial charge is 0.270 e. The van der Waals surface area contributed by atoms with Crippen LogP contribution in [0.25, 0.3) is 5.69 Å². The van der Waals surface area contributed by atoms with E-state index in [0.717, 1.165) is 0 Å². The standard InChI is InChI=1S/C21H23FN4O3S/c1-15(2)25-30(28,29)13-17-6-4-3-5-16(17)11-24-21(27)20-12-23-14-26(20)19-9-7-18(22)8-10-19/h3-10,12,14-15,25H,11,13H2,1-2H3,(H,24,27). The zero-order valence-corrected chi connectivity index (χ0v) is 17.5. The van der Waals surface area contributed by atoms with Crippen LogP contribution in [0.1, 0.15) is 35.5 Å². The number of imidazole rings is 1. The number of nitrogens with zero attached hydrogens (tertiary/aromatic N) is 2. The van der Waals surface area contributed by atoms with Gasteiger partial charge in [-0.1, -0.05) is 24.3 Å². The number of carbonyl (C=O) groups excluding carboxylic acids is 1. The highest BCUT2D eigenvalue weighted by Crippen LogP contribution is 2.15. The van der Waals surface area contributed by atoms with Gasteiger partial charge in [-0.2, -0.15) is 0 Å². The zero-order chi connectivity index (χ0) is 21.7. The van der Waals surface area contributed by atoms with Crippen molar-refractivity contribution < 1.29 is 17.6 Å². The lowest BCUT2D eigenvalue weighted by Gasteiger charge is -2.14. The quantitative estimate of drug-likeness (QED) is 0.575. The third-order valence-corrected chi connectivity index (χ3v) is 5.82. The second-order valence-electron chi connectivity index (χ2n) is 7.11. The summed E-state index contributed by atoms with van der Waals surface area (Å²) < 4.78 is 41.8. The summed E-state index contributed by atoms with van der Waals surface area (Å²) in [6.45, 7) is 3.67. The molecule has 0 fully saturated rings. The van der Waals surface area contributed by atoms with Gasteiger partial charge in [-0.3, -0.25) is 9.36 Å². The summed E-state index contributed by atoms with van der Waals surface area (Å²) >= 11 is 0. The first kappa shape index (κ1) is 21.7. The van der Waals surface area contributed by atoms with Crippen molar-refractivity contribution >= 4 is 15.9 Å². The van der Waals surface area contributed by atoms with E-state index >= 15 is 0 Å². The van der Waals surface area contributed by atoms with Crippen molar-refractivity contribution in [3.8, 4) is 5.69 Å². The minimum Gasteiger partial charge on any atom is -0.347 e. The van der Waals surface area contributed by atoms with E-state index in [-0.39, 0.29) is 35.8 Å². The summed E-state index contributed by atoms with van der Waals surface area (Å²) in [5, 5.41) is 2.80. The number of amides is 1. The maximum absolute atomic E-state index is 13.2. The lowest BCUT2D eigenvalue weighted by atomic mass is 10.1. The number of aromatic nitrogens is 2. The van der Waals surface area contributed by atoms with Crippen LogP contribution in [0.15, 0.2) is 61.1 Å². The van der Waals surface area contributed by atoms with Crippen LogP contribution >= 0.6 is 0 Å². The van der Waals surface area contributed by atoms with E-state index < -0.39 is 10.0 Å². The molecule has 3 rings (SSSR count). The monoisotopic (exact) mass is 430 g/mol. The second-order valence-corrected chi connectivity index (χ2v) is 8.86. The van der Waals surface area contributed by atoms with Gasteiger partial charge in [0.05, 0.1) is 18.3 Å². The van der Waals surface area contributed by atoms with Crippen molar-refractivity contribution in [2.75, 3.05) is 0 Å². The molecule has 0 aliphatic heterocycles. The number of benzene rings is 2. The maximum atomic E-state index is 13.2. The number of nitrogens with one attached hydrogen (secondary N) is 2. The summed E-state index contributed by atoms with van der Waals surface area (Å²) in [5.74, 6) is -0.928. The molecule has 30 heavy (non-hydrogen) atoms. The molecule has 1 amide bonds. The summed E-state index contributed by atoms with van der Waals surface area (Å²) in [4.78, 5) is 16.7. The van der Waals surface area contributed by atoms with E-state index in [1.165, 1.54) is 24.7 Å². The predicted octanol–water partition coefficient (Wildman–Crippen LogP) is 2.77. The van der Waals surface area contributed by atoms with E-state index in [2.05, 4.69) is 15.0 Å². The van der Waals surface area contributed by atoms with Crippen molar-refractivity contribution in [1.29, 1.82) is 0 Å². The SMILES string of the molecule is CC(C)NS(=O)(=O)Cc1ccccc1CNC(=O)c1cncn1-c1ccc(F)cc1. The van der Waals surface area contributed by atoms with Crippen molar-refractivity contribution in [3.63, 3.8) is 0 Å². The molecular weight excluding hydrogens is 407 g/mol. The maximum Gasteiger partial charge on any atom is 0.270 e. The number of sulfonamides is 1. The van der Waals surface area contributed by atoms with Crippen LogP contribution < -0.4 is 10.0 Å². The van der Waals surface area contributed by atoms with E-state index in [9.17, 15) is 17.6 Å². The molecule has 0 aliphatic rings. The lowest BCUT2D eigenvalue weighted by Crippen LogP contribution is -2.32. The molecule has 0 atom stereocenters. The van der Waals surface area contributed by atoms with Gasteiger partial charge < -0.3 is 5.32 Å². The van der Waals surface area contributed by atoms with Gasteiger partial charge in [0.2, 0.25) is 10.0 Å². The van der Waals surface area contributed by atoms with Gasteiger partial charge >= 0.3 is 0 Å². The third kappa shape index (κ3) is 5.52. The average Bonchev–Trinajstić information content (AvgIpc) is 3.16. The first-order valence-corrected chi connectivity index (χ1v) is 11.0. The Morgan fingerprint density at radius 2 is 1.77 bits per heavy atom. The Morgan fingerprint density at radius 3 is 2.43 bits per heavy atom. The highest BCUT2D eigenvalue weighted by molar-refractivity contribution is 7.88. The number of carbonyl (C=O) groups is 1. The number of rotatable bonds is 8. The van der Waals surface area contributed by atoms with E-state index in [4.69, 9.17) is 0 Å². The summed E-state index contributed by atoms with van der Waals surface area (Å²) in [7, 11) is -3.49. The Balaban J connectivity index is 1.74. The van der Waals surface area contributed by atoms with Crippen molar-refractivity contribution in [3.05, 3.63) is 83.7 Å². The summed E-state index contributed by atoms with van der Waals surface area (Å²) in [6, 6.07) is 12.6. The van der Waals surface area contributed by atoms with E-state index in [0.29, 0.717) is 16.8 Å². The van der Waals surface area contributed by atoms with Crippen molar-refractivity contribution in [2.24, 2.45) is 0 Å². The molecular formula is C21H23FN4O3S. The van der Waals surface area contributed by atoms with Gasteiger partial charge in [-0.05, 0) is 49.2 Å². The molecule has 1 heterocycles. The molecule has 158 valence electrons. The van der Waals surface area contributed by atoms with Crippen LogP contribution in [-0.2, 0) is 22.3 Å². The molecule has 0 saturated carbocycles. The third-order valence-electron chi connectivity index (χ3n) is 4.29. The van der Waals surface area contributed by atoms with Crippen LogP contribution in [0.5, 0.6) is 0 Å². The second kappa shape index (κ2) is 9.19. The molecule has 7 nitrogen and oxygen atoms in total. The van der Waals surface area contributed by atoms with Crippen LogP contribution in [0.2, 0.25) is 0 Å². The molecule has 0 radical (unpaired) electrons. The molecule has 0 bridgehead atoms. The fourth-order valence-corrected chi connectivity index (χ4v) is 4.51. The predicted molar refractivity (Wildman–Crippen MR) is 112 cm³/mol.